The van der Waals surface area contributed by atoms with Gasteiger partial charge in [0.2, 0.25) is 0 Å². The van der Waals surface area contributed by atoms with E-state index in [1.54, 1.807) is 41.5 Å². The molecule has 0 aliphatic rings. The Morgan fingerprint density at radius 1 is 0.686 bits per heavy atom. The van der Waals surface area contributed by atoms with Crippen molar-refractivity contribution in [1.82, 2.24) is 10.6 Å². The van der Waals surface area contributed by atoms with E-state index in [9.17, 15) is 18.7 Å². The van der Waals surface area contributed by atoms with Gasteiger partial charge in [-0.15, -0.1) is 0 Å². The molecule has 0 heterocycles. The number of carbonyl (C=O) groups is 2. The first kappa shape index (κ1) is 51.4. The van der Waals surface area contributed by atoms with E-state index in [2.05, 4.69) is 19.7 Å². The fourth-order valence-corrected chi connectivity index (χ4v) is 5.20. The third kappa shape index (κ3) is 28.4. The Morgan fingerprint density at radius 3 is 1.37 bits per heavy atom. The van der Waals surface area contributed by atoms with Gasteiger partial charge in [0, 0.05) is 34.9 Å². The highest BCUT2D eigenvalue weighted by molar-refractivity contribution is 7.54. The maximum atomic E-state index is 12.6. The highest BCUT2D eigenvalue weighted by Crippen LogP contribution is 2.51. The second-order valence-corrected chi connectivity index (χ2v) is 16.1. The highest BCUT2D eigenvalue weighted by atomic mass is 31.2. The van der Waals surface area contributed by atoms with Gasteiger partial charge < -0.3 is 43.3 Å². The van der Waals surface area contributed by atoms with Crippen LogP contribution in [-0.2, 0) is 68.9 Å². The first-order chi connectivity index (χ1) is 23.7. The summed E-state index contributed by atoms with van der Waals surface area (Å²) in [6, 6.07) is 18.9. The van der Waals surface area contributed by atoms with Gasteiger partial charge in [-0.3, -0.25) is 9.13 Å². The minimum Gasteiger partial charge on any atom is -0.444 e. The van der Waals surface area contributed by atoms with Crippen LogP contribution in [0.1, 0.15) is 52.7 Å². The van der Waals surface area contributed by atoms with Crippen LogP contribution >= 0.6 is 15.2 Å². The van der Waals surface area contributed by atoms with E-state index in [1.807, 2.05) is 60.7 Å². The van der Waals surface area contributed by atoms with Gasteiger partial charge in [0.25, 0.3) is 0 Å². The molecule has 288 valence electrons. The fourth-order valence-electron chi connectivity index (χ4n) is 3.11. The predicted molar refractivity (Wildman–Crippen MR) is 183 cm³/mol. The normalized spacial score (nSPS) is 11.2. The van der Waals surface area contributed by atoms with E-state index in [0.717, 1.165) is 11.1 Å². The lowest BCUT2D eigenvalue weighted by atomic mass is 10.1. The molecule has 51 heavy (non-hydrogen) atoms. The van der Waals surface area contributed by atoms with E-state index < -0.39 is 44.4 Å². The van der Waals surface area contributed by atoms with Gasteiger partial charge in [-0.2, -0.15) is 19.2 Å². The van der Waals surface area contributed by atoms with E-state index in [1.165, 1.54) is 28.4 Å². The van der Waals surface area contributed by atoms with Crippen LogP contribution < -0.4 is 10.6 Å². The van der Waals surface area contributed by atoms with Crippen molar-refractivity contribution in [3.63, 3.8) is 0 Å². The van der Waals surface area contributed by atoms with Crippen molar-refractivity contribution in [3.8, 4) is 0 Å². The smallest absolute Gasteiger partial charge is 0.408 e. The lowest BCUT2D eigenvalue weighted by Crippen LogP contribution is -2.40. The first-order valence-electron chi connectivity index (χ1n) is 14.7. The van der Waals surface area contributed by atoms with Crippen molar-refractivity contribution in [1.29, 1.82) is 0 Å². The van der Waals surface area contributed by atoms with Crippen LogP contribution in [0.25, 0.3) is 0 Å². The lowest BCUT2D eigenvalue weighted by Gasteiger charge is -2.27. The average molecular weight is 765 g/mol. The van der Waals surface area contributed by atoms with Crippen LogP contribution in [0.15, 0.2) is 60.7 Å². The second kappa shape index (κ2) is 27.7. The van der Waals surface area contributed by atoms with E-state index in [-0.39, 0.29) is 25.2 Å². The Labute approximate surface area is 298 Å². The lowest BCUT2D eigenvalue weighted by molar-refractivity contribution is -0.193. The molecule has 0 bridgehead atoms. The molecule has 0 aromatic heterocycles. The third-order valence-corrected chi connectivity index (χ3v) is 8.99. The molecule has 0 saturated carbocycles. The molecule has 19 heteroatoms. The molecule has 17 nitrogen and oxygen atoms in total. The van der Waals surface area contributed by atoms with Crippen LogP contribution in [-0.4, -0.2) is 81.3 Å². The van der Waals surface area contributed by atoms with Crippen molar-refractivity contribution in [2.75, 3.05) is 34.7 Å². The van der Waals surface area contributed by atoms with E-state index in [4.69, 9.17) is 42.8 Å². The zero-order valence-electron chi connectivity index (χ0n) is 30.5. The standard InChI is InChI=1S/C15H24NO5P.C8H18NO5P.C7H8O.2CO2/c1-15(2,3)21-14(17)16-13(22(18,19-4)20-5)11-12-9-7-6-8-10-12;1-8(2,3)14-7(10)9-6-15(11,12-4)13-5;8-6-7-4-2-1-3-5-7;2*2-1-3/h6-10,13H,11H2,1-5H3,(H,16,17);6H2,1-5H3,(H,9,10);1-5,8H,6H2;;. The molecule has 3 N–H and O–H groups in total. The minimum absolute atomic E-state index is 0.140. The molecule has 1 atom stereocenters. The maximum Gasteiger partial charge on any atom is 0.408 e. The summed E-state index contributed by atoms with van der Waals surface area (Å²) in [7, 11) is -1.62. The maximum absolute atomic E-state index is 12.6. The molecular formula is C32H50N2O15P2. The van der Waals surface area contributed by atoms with Gasteiger partial charge in [-0.05, 0) is 52.7 Å². The third-order valence-electron chi connectivity index (χ3n) is 5.24. The number of nitrogens with one attached hydrogen (secondary N) is 2. The molecule has 1 unspecified atom stereocenters. The number of rotatable bonds is 11. The second-order valence-electron chi connectivity index (χ2n) is 11.4. The number of aliphatic hydroxyl groups excluding tert-OH is 1. The number of carbonyl (C=O) groups excluding carboxylic acids is 6. The van der Waals surface area contributed by atoms with Gasteiger partial charge in [0.1, 0.15) is 23.3 Å². The zero-order chi connectivity index (χ0) is 40.2. The number of hydrogen-bond donors (Lipinski definition) is 3. The largest absolute Gasteiger partial charge is 0.444 e. The van der Waals surface area contributed by atoms with Crippen LogP contribution in [0.3, 0.4) is 0 Å². The average Bonchev–Trinajstić information content (AvgIpc) is 3.07. The van der Waals surface area contributed by atoms with Crippen molar-refractivity contribution in [2.24, 2.45) is 0 Å². The summed E-state index contributed by atoms with van der Waals surface area (Å²) in [5.74, 6) is -0.834. The van der Waals surface area contributed by atoms with Gasteiger partial charge in [0.05, 0.1) is 6.61 Å². The Morgan fingerprint density at radius 2 is 1.06 bits per heavy atom. The Hall–Kier alpha value is -4.00. The van der Waals surface area contributed by atoms with Crippen LogP contribution in [0, 0.1) is 0 Å². The zero-order valence-corrected chi connectivity index (χ0v) is 32.3. The summed E-state index contributed by atoms with van der Waals surface area (Å²) in [5.41, 5.74) is 0.630. The van der Waals surface area contributed by atoms with Gasteiger partial charge >= 0.3 is 39.7 Å². The van der Waals surface area contributed by atoms with Crippen molar-refractivity contribution in [2.45, 2.75) is 71.6 Å². The predicted octanol–water partition coefficient (Wildman–Crippen LogP) is 5.53. The Bertz CT molecular complexity index is 1370. The molecule has 0 fully saturated rings. The molecule has 0 spiro atoms. The van der Waals surface area contributed by atoms with Crippen LogP contribution in [0.4, 0.5) is 9.59 Å². The molecule has 2 amide bonds. The summed E-state index contributed by atoms with van der Waals surface area (Å²) in [5, 5.41) is 13.4. The van der Waals surface area contributed by atoms with Crippen molar-refractivity contribution < 1.29 is 70.6 Å². The van der Waals surface area contributed by atoms with Crippen molar-refractivity contribution >= 4 is 39.7 Å². The monoisotopic (exact) mass is 764 g/mol. The minimum atomic E-state index is -3.49. The quantitative estimate of drug-likeness (QED) is 0.239. The summed E-state index contributed by atoms with van der Waals surface area (Å²) in [4.78, 5) is 55.6. The molecule has 2 aromatic carbocycles. The van der Waals surface area contributed by atoms with Crippen molar-refractivity contribution in [3.05, 3.63) is 71.8 Å². The summed E-state index contributed by atoms with van der Waals surface area (Å²) >= 11 is 0. The molecule has 0 radical (unpaired) electrons. The van der Waals surface area contributed by atoms with Gasteiger partial charge in [-0.1, -0.05) is 60.7 Å². The topological polar surface area (TPSA) is 236 Å². The number of ether oxygens (including phenoxy) is 2. The summed E-state index contributed by atoms with van der Waals surface area (Å²) in [6.45, 7) is 10.6. The number of alkyl carbamates (subject to hydrolysis) is 2. The summed E-state index contributed by atoms with van der Waals surface area (Å²) < 4.78 is 53.6. The van der Waals surface area contributed by atoms with E-state index in [0.29, 0.717) is 6.42 Å². The number of amides is 2. The van der Waals surface area contributed by atoms with Crippen LogP contribution in [0.2, 0.25) is 0 Å². The molecule has 0 saturated heterocycles. The highest BCUT2D eigenvalue weighted by Gasteiger charge is 2.36. The molecule has 0 aliphatic carbocycles. The molecule has 0 aliphatic heterocycles. The first-order valence-corrected chi connectivity index (χ1v) is 18.1. The fraction of sp³-hybridized carbons (Fsp3) is 0.500. The van der Waals surface area contributed by atoms with Crippen LogP contribution in [0.5, 0.6) is 0 Å². The number of hydrogen-bond acceptors (Lipinski definition) is 15. The number of benzene rings is 2. The Kier molecular flexibility index (Phi) is 27.9. The molecule has 2 aromatic rings. The van der Waals surface area contributed by atoms with Gasteiger partial charge in [0.15, 0.2) is 0 Å². The molecular weight excluding hydrogens is 714 g/mol. The Balaban J connectivity index is -0.000000680. The van der Waals surface area contributed by atoms with E-state index >= 15 is 0 Å². The summed E-state index contributed by atoms with van der Waals surface area (Å²) in [6.07, 6.45) is -0.729. The number of aliphatic hydroxyl groups is 1. The van der Waals surface area contributed by atoms with Gasteiger partial charge in [-0.25, -0.2) is 9.59 Å². The molecule has 2 rings (SSSR count). The SMILES string of the molecule is COP(=O)(CNC(=O)OC(C)(C)C)OC.COP(=O)(OC)C(Cc1ccccc1)NC(=O)OC(C)(C)C.O=C=O.O=C=O.OCc1ccccc1.